The quantitative estimate of drug-likeness (QED) is 0.0764. The predicted octanol–water partition coefficient (Wildman–Crippen LogP) is -13.2. The lowest BCUT2D eigenvalue weighted by Crippen LogP contribution is -2.68. The van der Waals surface area contributed by atoms with Gasteiger partial charge >= 0.3 is 0 Å². The van der Waals surface area contributed by atoms with Gasteiger partial charge in [0.1, 0.15) is 183 Å². The van der Waals surface area contributed by atoms with E-state index in [9.17, 15) is 112 Å². The monoisotopic (exact) mass is 1260 g/mol. The molecule has 492 valence electrons. The number of nitro groups is 1. The van der Waals surface area contributed by atoms with Crippen LogP contribution in [0.15, 0.2) is 24.3 Å². The van der Waals surface area contributed by atoms with Crippen LogP contribution in [0.3, 0.4) is 0 Å². The zero-order chi connectivity index (χ0) is 62.3. The molecule has 0 aromatic heterocycles. The van der Waals surface area contributed by atoms with Crippen molar-refractivity contribution in [2.75, 3.05) is 46.2 Å². The molecule has 21 fully saturated rings. The molecule has 1 aromatic rings. The first kappa shape index (κ1) is 67.5. The minimum Gasteiger partial charge on any atom is -0.491 e. The van der Waals surface area contributed by atoms with Crippen LogP contribution in [0.25, 0.3) is 0 Å². The van der Waals surface area contributed by atoms with E-state index in [-0.39, 0.29) is 11.4 Å². The highest BCUT2D eigenvalue weighted by atomic mass is 16.8. The second-order valence-electron chi connectivity index (χ2n) is 21.5. The SMILES string of the molecule is O=[N+]([O-])c1ccc(OCC2OC3OC4C(CO)OC(OC5C(CO)OC(OC6C(CO)OC(OC7C(CO)OC(OC8C(CO)OC(OC9C(CO)OC(OC2C(O)C3O)C(O)C9O)C(O)C8O)C(O)C7O)C(O)C6O)C(O)C5O)C(O)C4O)cc1. The molecule has 0 spiro atoms. The first-order valence-corrected chi connectivity index (χ1v) is 27.2. The third-order valence-corrected chi connectivity index (χ3v) is 16.1. The number of nitrogens with zero attached hydrogens (tertiary/aromatic N) is 1. The molecule has 21 aliphatic rings. The standard InChI is InChI=1S/C48H73NO37/c50-5-14-35-22(57)29(64)43(74-14)82-37-16(7-52)76-45(31(66)24(37)59)84-39-18(9-54)78-47(33(68)26(39)61)86-41-20(11-72-13-3-1-12(2-4-13)49(70)71)79-48(34(69)27(41)62)85-40-19(10-55)77-46(32(67)25(40)60)83-38-17(8-53)75-44(30(65)23(38)58)81-36-15(6-51)73-42(80-35)28(63)21(36)56/h1-4,14-48,50-69H,5-11H2. The lowest BCUT2D eigenvalue weighted by atomic mass is 9.95. The van der Waals surface area contributed by atoms with Gasteiger partial charge in [-0.1, -0.05) is 0 Å². The highest BCUT2D eigenvalue weighted by Crippen LogP contribution is 2.39. The molecule has 21 aliphatic heterocycles. The predicted molar refractivity (Wildman–Crippen MR) is 260 cm³/mol. The Morgan fingerprint density at radius 2 is 0.488 bits per heavy atom. The summed E-state index contributed by atoms with van der Waals surface area (Å²) >= 11 is 0. The lowest BCUT2D eigenvalue weighted by molar-refractivity contribution is -0.396. The Labute approximate surface area is 484 Å². The van der Waals surface area contributed by atoms with Crippen molar-refractivity contribution in [1.82, 2.24) is 0 Å². The molecule has 0 aliphatic carbocycles. The van der Waals surface area contributed by atoms with Crippen molar-refractivity contribution in [2.45, 2.75) is 215 Å². The van der Waals surface area contributed by atoms with Gasteiger partial charge in [0.05, 0.1) is 44.6 Å². The van der Waals surface area contributed by atoms with E-state index in [0.717, 1.165) is 12.1 Å². The van der Waals surface area contributed by atoms with Crippen molar-refractivity contribution >= 4 is 5.69 Å². The average Bonchev–Trinajstić information content (AvgIpc) is 2.39. The van der Waals surface area contributed by atoms with Crippen molar-refractivity contribution in [3.63, 3.8) is 0 Å². The molecule has 0 saturated carbocycles. The highest BCUT2D eigenvalue weighted by molar-refractivity contribution is 5.36. The molecule has 0 amide bonds. The fourth-order valence-corrected chi connectivity index (χ4v) is 11.2. The Morgan fingerprint density at radius 3 is 0.674 bits per heavy atom. The minimum absolute atomic E-state index is 0.0504. The summed E-state index contributed by atoms with van der Waals surface area (Å²) < 4.78 is 86.5. The summed E-state index contributed by atoms with van der Waals surface area (Å²) in [6.07, 6.45) is -71.5. The number of hydrogen-bond donors (Lipinski definition) is 20. The normalized spacial score (nSPS) is 50.7. The largest absolute Gasteiger partial charge is 0.491 e. The first-order chi connectivity index (χ1) is 41.0. The van der Waals surface area contributed by atoms with Crippen molar-refractivity contribution < 1.29 is 178 Å². The molecule has 21 heterocycles. The Bertz CT molecular complexity index is 2290. The van der Waals surface area contributed by atoms with Crippen LogP contribution in [-0.4, -0.2) is 368 Å². The fraction of sp³-hybridized carbons (Fsp3) is 0.875. The van der Waals surface area contributed by atoms with E-state index in [1.165, 1.54) is 12.1 Å². The molecule has 86 heavy (non-hydrogen) atoms. The summed E-state index contributed by atoms with van der Waals surface area (Å²) in [4.78, 5) is 10.6. The molecule has 0 radical (unpaired) electrons. The number of rotatable bonds is 10. The van der Waals surface area contributed by atoms with Crippen LogP contribution < -0.4 is 4.74 Å². The fourth-order valence-electron chi connectivity index (χ4n) is 11.2. The van der Waals surface area contributed by atoms with Crippen LogP contribution >= 0.6 is 0 Å². The Balaban J connectivity index is 1.02. The van der Waals surface area contributed by atoms with Crippen molar-refractivity contribution in [3.8, 4) is 5.75 Å². The molecule has 38 heteroatoms. The molecule has 35 unspecified atom stereocenters. The zero-order valence-electron chi connectivity index (χ0n) is 44.8. The average molecular weight is 1260 g/mol. The van der Waals surface area contributed by atoms with E-state index in [2.05, 4.69) is 0 Å². The molecule has 35 atom stereocenters. The van der Waals surface area contributed by atoms with Crippen LogP contribution in [0.4, 0.5) is 5.69 Å². The molecule has 38 nitrogen and oxygen atoms in total. The van der Waals surface area contributed by atoms with Crippen LogP contribution in [0.2, 0.25) is 0 Å². The van der Waals surface area contributed by atoms with Gasteiger partial charge in [-0.25, -0.2) is 0 Å². The third-order valence-electron chi connectivity index (χ3n) is 16.1. The van der Waals surface area contributed by atoms with Gasteiger partial charge in [0.15, 0.2) is 44.0 Å². The number of hydrogen-bond acceptors (Lipinski definition) is 37. The van der Waals surface area contributed by atoms with Crippen LogP contribution in [0.5, 0.6) is 5.75 Å². The van der Waals surface area contributed by atoms with Gasteiger partial charge < -0.3 is 173 Å². The Kier molecular flexibility index (Phi) is 22.5. The van der Waals surface area contributed by atoms with E-state index >= 15 is 0 Å². The number of nitro benzene ring substituents is 1. The molecule has 22 rings (SSSR count). The van der Waals surface area contributed by atoms with E-state index in [0.29, 0.717) is 0 Å². The van der Waals surface area contributed by atoms with Crippen LogP contribution in [0.1, 0.15) is 0 Å². The van der Waals surface area contributed by atoms with Crippen molar-refractivity contribution in [3.05, 3.63) is 34.4 Å². The summed E-state index contributed by atoms with van der Waals surface area (Å²) in [5.74, 6) is -0.0504. The van der Waals surface area contributed by atoms with Crippen LogP contribution in [0, 0.1) is 10.1 Å². The van der Waals surface area contributed by atoms with Crippen molar-refractivity contribution in [2.24, 2.45) is 0 Å². The smallest absolute Gasteiger partial charge is 0.269 e. The molecule has 21 saturated heterocycles. The number of ether oxygens (including phenoxy) is 15. The van der Waals surface area contributed by atoms with E-state index in [4.69, 9.17) is 71.1 Å². The Morgan fingerprint density at radius 1 is 0.302 bits per heavy atom. The maximum Gasteiger partial charge on any atom is 0.269 e. The van der Waals surface area contributed by atoms with E-state index in [1.807, 2.05) is 0 Å². The van der Waals surface area contributed by atoms with Gasteiger partial charge in [0.2, 0.25) is 0 Å². The zero-order valence-corrected chi connectivity index (χ0v) is 44.8. The van der Waals surface area contributed by atoms with Gasteiger partial charge in [-0.2, -0.15) is 0 Å². The second-order valence-corrected chi connectivity index (χ2v) is 21.5. The minimum atomic E-state index is -2.27. The molecule has 20 N–H and O–H groups in total. The van der Waals surface area contributed by atoms with E-state index in [1.54, 1.807) is 0 Å². The van der Waals surface area contributed by atoms with Crippen molar-refractivity contribution in [1.29, 1.82) is 0 Å². The first-order valence-electron chi connectivity index (χ1n) is 27.2. The Hall–Kier alpha value is -2.94. The van der Waals surface area contributed by atoms with Gasteiger partial charge in [-0.3, -0.25) is 10.1 Å². The topological polar surface area (TPSA) is 586 Å². The summed E-state index contributed by atoms with van der Waals surface area (Å²) in [6.45, 7) is -7.17. The number of non-ortho nitro benzene ring substituents is 1. The number of aliphatic hydroxyl groups is 20. The number of aliphatic hydroxyl groups excluding tert-OH is 20. The summed E-state index contributed by atoms with van der Waals surface area (Å²) in [7, 11) is 0. The molecule has 1 aromatic carbocycles. The maximum absolute atomic E-state index is 11.8. The van der Waals surface area contributed by atoms with Gasteiger partial charge in [-0.15, -0.1) is 0 Å². The van der Waals surface area contributed by atoms with Gasteiger partial charge in [0.25, 0.3) is 5.69 Å². The summed E-state index contributed by atoms with van der Waals surface area (Å²) in [5.41, 5.74) is -0.341. The third kappa shape index (κ3) is 13.5. The van der Waals surface area contributed by atoms with Gasteiger partial charge in [-0.05, 0) is 12.1 Å². The summed E-state index contributed by atoms with van der Waals surface area (Å²) in [6, 6.07) is 4.49. The summed E-state index contributed by atoms with van der Waals surface area (Å²) in [5, 5.41) is 234. The van der Waals surface area contributed by atoms with Gasteiger partial charge in [0, 0.05) is 12.1 Å². The lowest BCUT2D eigenvalue weighted by Gasteiger charge is -2.50. The highest BCUT2D eigenvalue weighted by Gasteiger charge is 2.59. The maximum atomic E-state index is 11.8. The van der Waals surface area contributed by atoms with E-state index < -0.39 is 266 Å². The van der Waals surface area contributed by atoms with Crippen LogP contribution in [-0.2, 0) is 66.3 Å². The molecular weight excluding hydrogens is 1180 g/mol. The molecular formula is C48H73NO37. The number of benzene rings is 1. The molecule has 14 bridgehead atoms. The second kappa shape index (κ2) is 28.7.